The summed E-state index contributed by atoms with van der Waals surface area (Å²) in [5, 5.41) is 3.60. The smallest absolute Gasteiger partial charge is 0.0409 e. The first kappa shape index (κ1) is 14.4. The average molecular weight is 260 g/mol. The zero-order valence-electron chi connectivity index (χ0n) is 13.1. The predicted octanol–water partition coefficient (Wildman–Crippen LogP) is 3.73. The van der Waals surface area contributed by atoms with Crippen molar-refractivity contribution in [2.75, 3.05) is 18.5 Å². The van der Waals surface area contributed by atoms with E-state index in [1.54, 1.807) is 0 Å². The minimum atomic E-state index is 0.163. The van der Waals surface area contributed by atoms with Crippen molar-refractivity contribution in [1.29, 1.82) is 0 Å². The van der Waals surface area contributed by atoms with E-state index < -0.39 is 0 Å². The normalized spacial score (nSPS) is 15.6. The Balaban J connectivity index is 2.11. The second-order valence-corrected chi connectivity index (χ2v) is 7.06. The molecule has 0 radical (unpaired) electrons. The number of benzene rings is 1. The Labute approximate surface area is 118 Å². The van der Waals surface area contributed by atoms with Gasteiger partial charge in [-0.3, -0.25) is 0 Å². The van der Waals surface area contributed by atoms with Gasteiger partial charge in [0.25, 0.3) is 0 Å². The van der Waals surface area contributed by atoms with E-state index in [9.17, 15) is 0 Å². The van der Waals surface area contributed by atoms with Crippen molar-refractivity contribution in [3.8, 4) is 0 Å². The number of nitrogens with one attached hydrogen (secondary N) is 1. The van der Waals surface area contributed by atoms with E-state index >= 15 is 0 Å². The van der Waals surface area contributed by atoms with Gasteiger partial charge in [-0.2, -0.15) is 0 Å². The molecular formula is C17H28N2. The number of nitrogens with zero attached hydrogens (tertiary/aromatic N) is 1. The molecular weight excluding hydrogens is 232 g/mol. The highest BCUT2D eigenvalue weighted by Crippen LogP contribution is 2.32. The van der Waals surface area contributed by atoms with Crippen LogP contribution in [-0.4, -0.2) is 19.1 Å². The fraction of sp³-hybridized carbons (Fsp3) is 0.647. The summed E-state index contributed by atoms with van der Waals surface area (Å²) >= 11 is 0. The Morgan fingerprint density at radius 2 is 1.95 bits per heavy atom. The Bertz CT molecular complexity index is 427. The maximum atomic E-state index is 3.60. The van der Waals surface area contributed by atoms with Crippen LogP contribution >= 0.6 is 0 Å². The number of hydrogen-bond donors (Lipinski definition) is 1. The maximum absolute atomic E-state index is 3.60. The van der Waals surface area contributed by atoms with Crippen LogP contribution in [0.5, 0.6) is 0 Å². The molecule has 2 heteroatoms. The molecule has 0 heterocycles. The molecule has 1 aromatic rings. The maximum Gasteiger partial charge on any atom is 0.0409 e. The third-order valence-electron chi connectivity index (χ3n) is 3.68. The van der Waals surface area contributed by atoms with E-state index in [4.69, 9.17) is 0 Å². The summed E-state index contributed by atoms with van der Waals surface area (Å²) in [6.07, 6.45) is 2.82. The first-order valence-corrected chi connectivity index (χ1v) is 7.41. The van der Waals surface area contributed by atoms with Crippen LogP contribution in [0.4, 0.5) is 5.69 Å². The van der Waals surface area contributed by atoms with Gasteiger partial charge in [0.2, 0.25) is 0 Å². The largest absolute Gasteiger partial charge is 0.374 e. The first-order chi connectivity index (χ1) is 8.85. The van der Waals surface area contributed by atoms with Gasteiger partial charge in [-0.15, -0.1) is 0 Å². The summed E-state index contributed by atoms with van der Waals surface area (Å²) in [4.78, 5) is 2.43. The summed E-state index contributed by atoms with van der Waals surface area (Å²) in [6, 6.07) is 6.81. The van der Waals surface area contributed by atoms with Crippen molar-refractivity contribution < 1.29 is 0 Å². The molecule has 1 aromatic carbocycles. The molecule has 1 saturated carbocycles. The molecule has 0 unspecified atom stereocenters. The Kier molecular flexibility index (Phi) is 4.19. The second-order valence-electron chi connectivity index (χ2n) is 7.06. The van der Waals surface area contributed by atoms with E-state index in [-0.39, 0.29) is 5.54 Å². The van der Waals surface area contributed by atoms with Crippen molar-refractivity contribution in [3.05, 3.63) is 29.3 Å². The molecule has 0 bridgehead atoms. The SMILES string of the molecule is Cc1ccc(N(C)CC2CC2)c(CNC(C)(C)C)c1. The van der Waals surface area contributed by atoms with Crippen molar-refractivity contribution in [2.24, 2.45) is 5.92 Å². The number of aryl methyl sites for hydroxylation is 1. The quantitative estimate of drug-likeness (QED) is 0.868. The van der Waals surface area contributed by atoms with Crippen LogP contribution in [0, 0.1) is 12.8 Å². The standard InChI is InChI=1S/C17H28N2/c1-13-6-9-16(19(5)12-14-7-8-14)15(10-13)11-18-17(2,3)4/h6,9-10,14,18H,7-8,11-12H2,1-5H3. The van der Waals surface area contributed by atoms with E-state index in [2.05, 4.69) is 63.2 Å². The van der Waals surface area contributed by atoms with Crippen molar-refractivity contribution >= 4 is 5.69 Å². The highest BCUT2D eigenvalue weighted by Gasteiger charge is 2.23. The van der Waals surface area contributed by atoms with Gasteiger partial charge in [-0.1, -0.05) is 17.7 Å². The topological polar surface area (TPSA) is 15.3 Å². The highest BCUT2D eigenvalue weighted by atomic mass is 15.1. The summed E-state index contributed by atoms with van der Waals surface area (Å²) in [5.41, 5.74) is 4.30. The van der Waals surface area contributed by atoms with Crippen LogP contribution in [0.2, 0.25) is 0 Å². The molecule has 2 nitrogen and oxygen atoms in total. The molecule has 1 aliphatic carbocycles. The van der Waals surface area contributed by atoms with E-state index in [0.717, 1.165) is 12.5 Å². The zero-order valence-corrected chi connectivity index (χ0v) is 13.1. The molecule has 0 aromatic heterocycles. The second kappa shape index (κ2) is 5.54. The summed E-state index contributed by atoms with van der Waals surface area (Å²) in [7, 11) is 2.23. The van der Waals surface area contributed by atoms with Crippen LogP contribution < -0.4 is 10.2 Å². The average Bonchev–Trinajstić information content (AvgIpc) is 3.09. The summed E-state index contributed by atoms with van der Waals surface area (Å²) < 4.78 is 0. The van der Waals surface area contributed by atoms with Crippen LogP contribution in [0.15, 0.2) is 18.2 Å². The molecule has 1 aliphatic rings. The molecule has 0 aliphatic heterocycles. The Morgan fingerprint density at radius 3 is 2.53 bits per heavy atom. The lowest BCUT2D eigenvalue weighted by molar-refractivity contribution is 0.424. The van der Waals surface area contributed by atoms with Gasteiger partial charge in [0, 0.05) is 31.4 Å². The van der Waals surface area contributed by atoms with E-state index in [0.29, 0.717) is 0 Å². The van der Waals surface area contributed by atoms with Gasteiger partial charge < -0.3 is 10.2 Å². The predicted molar refractivity (Wildman–Crippen MR) is 83.8 cm³/mol. The molecule has 1 fully saturated rings. The van der Waals surface area contributed by atoms with E-state index in [1.165, 1.54) is 36.2 Å². The minimum absolute atomic E-state index is 0.163. The van der Waals surface area contributed by atoms with Gasteiger partial charge >= 0.3 is 0 Å². The van der Waals surface area contributed by atoms with Crippen LogP contribution in [0.3, 0.4) is 0 Å². The third kappa shape index (κ3) is 4.54. The van der Waals surface area contributed by atoms with Gasteiger partial charge in [0.1, 0.15) is 0 Å². The highest BCUT2D eigenvalue weighted by molar-refractivity contribution is 5.54. The van der Waals surface area contributed by atoms with Gasteiger partial charge in [-0.25, -0.2) is 0 Å². The van der Waals surface area contributed by atoms with Crippen molar-refractivity contribution in [1.82, 2.24) is 5.32 Å². The number of hydrogen-bond acceptors (Lipinski definition) is 2. The number of rotatable bonds is 5. The molecule has 0 spiro atoms. The van der Waals surface area contributed by atoms with Crippen LogP contribution in [0.25, 0.3) is 0 Å². The lowest BCUT2D eigenvalue weighted by atomic mass is 10.1. The molecule has 0 amide bonds. The fourth-order valence-corrected chi connectivity index (χ4v) is 2.37. The van der Waals surface area contributed by atoms with Gasteiger partial charge in [0.15, 0.2) is 0 Å². The molecule has 0 saturated heterocycles. The Morgan fingerprint density at radius 1 is 1.26 bits per heavy atom. The van der Waals surface area contributed by atoms with E-state index in [1.807, 2.05) is 0 Å². The lowest BCUT2D eigenvalue weighted by Crippen LogP contribution is -2.35. The van der Waals surface area contributed by atoms with Gasteiger partial charge in [-0.05, 0) is 58.1 Å². The Hall–Kier alpha value is -1.02. The first-order valence-electron chi connectivity index (χ1n) is 7.41. The molecule has 19 heavy (non-hydrogen) atoms. The molecule has 106 valence electrons. The van der Waals surface area contributed by atoms with Crippen LogP contribution in [-0.2, 0) is 6.54 Å². The zero-order chi connectivity index (χ0) is 14.0. The minimum Gasteiger partial charge on any atom is -0.374 e. The lowest BCUT2D eigenvalue weighted by Gasteiger charge is -2.26. The summed E-state index contributed by atoms with van der Waals surface area (Å²) in [6.45, 7) is 11.0. The van der Waals surface area contributed by atoms with Gasteiger partial charge in [0.05, 0.1) is 0 Å². The molecule has 2 rings (SSSR count). The van der Waals surface area contributed by atoms with Crippen molar-refractivity contribution in [3.63, 3.8) is 0 Å². The van der Waals surface area contributed by atoms with Crippen molar-refractivity contribution in [2.45, 2.75) is 52.6 Å². The fourth-order valence-electron chi connectivity index (χ4n) is 2.37. The third-order valence-corrected chi connectivity index (χ3v) is 3.68. The monoisotopic (exact) mass is 260 g/mol. The number of anilines is 1. The summed E-state index contributed by atoms with van der Waals surface area (Å²) in [5.74, 6) is 0.926. The molecule has 1 N–H and O–H groups in total. The van der Waals surface area contributed by atoms with Crippen LogP contribution in [0.1, 0.15) is 44.7 Å². The molecule has 0 atom stereocenters.